The minimum atomic E-state index is 1.17. The van der Waals surface area contributed by atoms with E-state index in [0.29, 0.717) is 0 Å². The molecular formula is C22H42N4+2. The zero-order chi connectivity index (χ0) is 19.2. The van der Waals surface area contributed by atoms with Gasteiger partial charge in [0.05, 0.1) is 27.2 Å². The lowest BCUT2D eigenvalue weighted by Gasteiger charge is -1.98. The first kappa shape index (κ1) is 22.5. The van der Waals surface area contributed by atoms with Gasteiger partial charge in [0, 0.05) is 6.92 Å². The second-order valence-corrected chi connectivity index (χ2v) is 7.44. The van der Waals surface area contributed by atoms with Crippen molar-refractivity contribution in [2.45, 2.75) is 91.6 Å². The minimum Gasteiger partial charge on any atom is -0.240 e. The first-order chi connectivity index (χ1) is 12.6. The van der Waals surface area contributed by atoms with Crippen molar-refractivity contribution in [2.75, 3.05) is 0 Å². The van der Waals surface area contributed by atoms with Crippen LogP contribution in [0.15, 0.2) is 31.1 Å². The molecular weight excluding hydrogens is 320 g/mol. The van der Waals surface area contributed by atoms with Crippen LogP contribution in [0.5, 0.6) is 0 Å². The van der Waals surface area contributed by atoms with Gasteiger partial charge in [0.15, 0.2) is 0 Å². The summed E-state index contributed by atoms with van der Waals surface area (Å²) >= 11 is 0. The lowest BCUT2D eigenvalue weighted by Crippen LogP contribution is -2.35. The number of nitrogens with zero attached hydrogens (tertiary/aromatic N) is 4. The van der Waals surface area contributed by atoms with Crippen LogP contribution in [0.25, 0.3) is 0 Å². The van der Waals surface area contributed by atoms with Crippen molar-refractivity contribution in [3.05, 3.63) is 36.9 Å². The number of hydrogen-bond donors (Lipinski definition) is 0. The predicted octanol–water partition coefficient (Wildman–Crippen LogP) is 4.48. The van der Waals surface area contributed by atoms with E-state index in [1.807, 2.05) is 0 Å². The summed E-state index contributed by atoms with van der Waals surface area (Å²) in [5, 5.41) is 0. The second-order valence-electron chi connectivity index (χ2n) is 7.44. The van der Waals surface area contributed by atoms with Gasteiger partial charge in [-0.15, -0.1) is 0 Å². The third-order valence-corrected chi connectivity index (χ3v) is 4.99. The van der Waals surface area contributed by atoms with Crippen LogP contribution < -0.4 is 9.13 Å². The molecule has 0 unspecified atom stereocenters. The van der Waals surface area contributed by atoms with E-state index in [1.54, 1.807) is 0 Å². The van der Waals surface area contributed by atoms with Gasteiger partial charge in [-0.25, -0.2) is 18.3 Å². The highest BCUT2D eigenvalue weighted by molar-refractivity contribution is 4.76. The molecule has 26 heavy (non-hydrogen) atoms. The molecule has 0 radical (unpaired) electrons. The van der Waals surface area contributed by atoms with Crippen molar-refractivity contribution in [2.24, 2.45) is 14.1 Å². The normalized spacial score (nSPS) is 10.7. The van der Waals surface area contributed by atoms with Crippen LogP contribution in [0.1, 0.15) is 77.5 Å². The molecule has 0 bridgehead atoms. The van der Waals surface area contributed by atoms with Crippen molar-refractivity contribution in [1.82, 2.24) is 9.13 Å². The lowest BCUT2D eigenvalue weighted by atomic mass is 10.1. The molecule has 0 aromatic carbocycles. The van der Waals surface area contributed by atoms with Gasteiger partial charge < -0.3 is 0 Å². The number of imidazole rings is 2. The fourth-order valence-electron chi connectivity index (χ4n) is 3.08. The molecule has 0 N–H and O–H groups in total. The summed E-state index contributed by atoms with van der Waals surface area (Å²) in [5.74, 6) is 1.34. The quantitative estimate of drug-likeness (QED) is 0.414. The maximum absolute atomic E-state index is 2.33. The predicted molar refractivity (Wildman–Crippen MR) is 109 cm³/mol. The summed E-state index contributed by atoms with van der Waals surface area (Å²) in [6, 6.07) is 0. The van der Waals surface area contributed by atoms with Gasteiger partial charge in [0.2, 0.25) is 6.33 Å². The molecule has 0 aliphatic rings. The average molecular weight is 363 g/mol. The Labute approximate surface area is 161 Å². The molecule has 0 atom stereocenters. The SMILES string of the molecule is CCCCCCC[n+]1ccn(C)c1.CCCCCC[n+]1ccn(C)c1C. The Morgan fingerprint density at radius 1 is 0.769 bits per heavy atom. The van der Waals surface area contributed by atoms with E-state index in [9.17, 15) is 0 Å². The molecule has 0 aliphatic heterocycles. The van der Waals surface area contributed by atoms with Gasteiger partial charge in [-0.05, 0) is 25.7 Å². The Morgan fingerprint density at radius 2 is 1.38 bits per heavy atom. The summed E-state index contributed by atoms with van der Waals surface area (Å²) in [5.41, 5.74) is 0. The van der Waals surface area contributed by atoms with Crippen molar-refractivity contribution >= 4 is 0 Å². The molecule has 2 aromatic heterocycles. The monoisotopic (exact) mass is 362 g/mol. The number of unbranched alkanes of at least 4 members (excludes halogenated alkanes) is 7. The van der Waals surface area contributed by atoms with Crippen LogP contribution in [-0.4, -0.2) is 9.13 Å². The van der Waals surface area contributed by atoms with Crippen molar-refractivity contribution in [3.8, 4) is 0 Å². The van der Waals surface area contributed by atoms with Crippen LogP contribution in [0.4, 0.5) is 0 Å². The van der Waals surface area contributed by atoms with E-state index in [0.717, 1.165) is 0 Å². The molecule has 0 saturated carbocycles. The minimum absolute atomic E-state index is 1.17. The average Bonchev–Trinajstić information content (AvgIpc) is 3.19. The number of hydrogen-bond acceptors (Lipinski definition) is 0. The summed E-state index contributed by atoms with van der Waals surface area (Å²) in [7, 11) is 4.16. The Bertz CT molecular complexity index is 583. The van der Waals surface area contributed by atoms with Gasteiger partial charge >= 0.3 is 0 Å². The zero-order valence-electron chi connectivity index (χ0n) is 18.0. The standard InChI is InChI=1S/2C11H21N2/c1-4-5-6-7-8-13-10-9-12(3)11(13)2;1-3-4-5-6-7-8-13-10-9-12(2)11-13/h9-10H,4-8H2,1-3H3;9-11H,3-8H2,1-2H3/q2*+1. The first-order valence-electron chi connectivity index (χ1n) is 10.6. The van der Waals surface area contributed by atoms with Crippen LogP contribution in [-0.2, 0) is 27.2 Å². The Kier molecular flexibility index (Phi) is 11.7. The maximum atomic E-state index is 2.33. The third-order valence-electron chi connectivity index (χ3n) is 4.99. The Balaban J connectivity index is 0.000000260. The van der Waals surface area contributed by atoms with Crippen molar-refractivity contribution < 1.29 is 9.13 Å². The highest BCUT2D eigenvalue weighted by Gasteiger charge is 2.06. The van der Waals surface area contributed by atoms with E-state index >= 15 is 0 Å². The molecule has 0 spiro atoms. The van der Waals surface area contributed by atoms with E-state index in [-0.39, 0.29) is 0 Å². The molecule has 0 saturated heterocycles. The van der Waals surface area contributed by atoms with Gasteiger partial charge in [-0.1, -0.05) is 46.0 Å². The summed E-state index contributed by atoms with van der Waals surface area (Å²) in [4.78, 5) is 0. The maximum Gasteiger partial charge on any atom is 0.253 e. The van der Waals surface area contributed by atoms with Crippen LogP contribution in [0, 0.1) is 6.92 Å². The molecule has 0 fully saturated rings. The topological polar surface area (TPSA) is 17.6 Å². The fourth-order valence-corrected chi connectivity index (χ4v) is 3.08. The largest absolute Gasteiger partial charge is 0.253 e. The molecule has 148 valence electrons. The Morgan fingerprint density at radius 3 is 1.92 bits per heavy atom. The zero-order valence-corrected chi connectivity index (χ0v) is 18.0. The van der Waals surface area contributed by atoms with E-state index in [1.165, 1.54) is 76.7 Å². The summed E-state index contributed by atoms with van der Waals surface area (Å²) in [6.45, 7) is 9.02. The third kappa shape index (κ3) is 9.21. The van der Waals surface area contributed by atoms with E-state index in [2.05, 4.69) is 84.2 Å². The fraction of sp³-hybridized carbons (Fsp3) is 0.727. The Hall–Kier alpha value is -1.58. The van der Waals surface area contributed by atoms with Gasteiger partial charge in [-0.3, -0.25) is 0 Å². The molecule has 4 nitrogen and oxygen atoms in total. The highest BCUT2D eigenvalue weighted by Crippen LogP contribution is 2.02. The van der Waals surface area contributed by atoms with E-state index < -0.39 is 0 Å². The van der Waals surface area contributed by atoms with Crippen LogP contribution >= 0.6 is 0 Å². The summed E-state index contributed by atoms with van der Waals surface area (Å²) < 4.78 is 8.84. The summed E-state index contributed by atoms with van der Waals surface area (Å²) in [6.07, 6.45) is 22.8. The molecule has 0 aliphatic carbocycles. The van der Waals surface area contributed by atoms with Crippen LogP contribution in [0.3, 0.4) is 0 Å². The van der Waals surface area contributed by atoms with Crippen molar-refractivity contribution in [3.63, 3.8) is 0 Å². The first-order valence-corrected chi connectivity index (χ1v) is 10.6. The molecule has 2 rings (SSSR count). The highest BCUT2D eigenvalue weighted by atomic mass is 15.1. The number of rotatable bonds is 11. The molecule has 4 heteroatoms. The second kappa shape index (κ2) is 13.6. The van der Waals surface area contributed by atoms with Crippen LogP contribution in [0.2, 0.25) is 0 Å². The van der Waals surface area contributed by atoms with Crippen molar-refractivity contribution in [1.29, 1.82) is 0 Å². The molecule has 0 amide bonds. The number of aromatic nitrogens is 4. The van der Waals surface area contributed by atoms with Gasteiger partial charge in [0.25, 0.3) is 5.82 Å². The number of aryl methyl sites for hydroxylation is 4. The lowest BCUT2D eigenvalue weighted by molar-refractivity contribution is -0.702. The van der Waals surface area contributed by atoms with Gasteiger partial charge in [-0.2, -0.15) is 0 Å². The van der Waals surface area contributed by atoms with E-state index in [4.69, 9.17) is 0 Å². The molecule has 2 aromatic rings. The molecule has 2 heterocycles. The van der Waals surface area contributed by atoms with Gasteiger partial charge in [0.1, 0.15) is 24.8 Å². The smallest absolute Gasteiger partial charge is 0.240 e.